The molecule has 1 fully saturated rings. The highest BCUT2D eigenvalue weighted by Gasteiger charge is 2.27. The van der Waals surface area contributed by atoms with Gasteiger partial charge in [0.2, 0.25) is 15.9 Å². The zero-order valence-corrected chi connectivity index (χ0v) is 12.3. The Bertz CT molecular complexity index is 391. The maximum Gasteiger partial charge on any atom is 0.241 e. The minimum absolute atomic E-state index is 0.0743. The molecule has 8 heteroatoms. The van der Waals surface area contributed by atoms with Crippen molar-refractivity contribution in [2.45, 2.75) is 31.8 Å². The number of hydrogen-bond donors (Lipinski definition) is 2. The summed E-state index contributed by atoms with van der Waals surface area (Å²) in [5.41, 5.74) is 5.69. The number of ether oxygens (including phenoxy) is 1. The minimum atomic E-state index is -3.18. The van der Waals surface area contributed by atoms with Gasteiger partial charge in [-0.3, -0.25) is 4.79 Å². The Hall–Kier alpha value is -0.700. The first-order valence-electron chi connectivity index (χ1n) is 6.43. The van der Waals surface area contributed by atoms with E-state index in [-0.39, 0.29) is 24.3 Å². The van der Waals surface area contributed by atoms with E-state index < -0.39 is 16.1 Å². The summed E-state index contributed by atoms with van der Waals surface area (Å²) in [4.78, 5) is 13.6. The lowest BCUT2D eigenvalue weighted by atomic mass is 10.1. The van der Waals surface area contributed by atoms with Crippen LogP contribution in [-0.2, 0) is 19.6 Å². The topological polar surface area (TPSA) is 102 Å². The predicted molar refractivity (Wildman–Crippen MR) is 72.0 cm³/mol. The normalized spacial score (nSPS) is 19.4. The third-order valence-corrected chi connectivity index (χ3v) is 4.65. The van der Waals surface area contributed by atoms with Crippen molar-refractivity contribution in [3.8, 4) is 0 Å². The van der Waals surface area contributed by atoms with Crippen LogP contribution >= 0.6 is 0 Å². The number of sulfonamides is 1. The Kier molecular flexibility index (Phi) is 6.18. The molecule has 7 nitrogen and oxygen atoms in total. The fourth-order valence-electron chi connectivity index (χ4n) is 2.04. The Morgan fingerprint density at radius 2 is 2.05 bits per heavy atom. The second kappa shape index (κ2) is 7.18. The van der Waals surface area contributed by atoms with Gasteiger partial charge in [0.25, 0.3) is 0 Å². The molecule has 1 unspecified atom stereocenters. The van der Waals surface area contributed by atoms with Gasteiger partial charge in [-0.05, 0) is 19.8 Å². The van der Waals surface area contributed by atoms with Crippen LogP contribution in [0.15, 0.2) is 0 Å². The van der Waals surface area contributed by atoms with Crippen molar-refractivity contribution >= 4 is 15.9 Å². The van der Waals surface area contributed by atoms with Crippen LogP contribution in [0.5, 0.6) is 0 Å². The number of likely N-dealkylation sites (tertiary alicyclic amines) is 1. The number of piperidine rings is 1. The van der Waals surface area contributed by atoms with Crippen LogP contribution in [-0.4, -0.2) is 63.9 Å². The van der Waals surface area contributed by atoms with E-state index in [0.717, 1.165) is 0 Å². The van der Waals surface area contributed by atoms with Gasteiger partial charge in [-0.2, -0.15) is 0 Å². The number of amides is 1. The summed E-state index contributed by atoms with van der Waals surface area (Å²) in [5.74, 6) is -0.0659. The maximum absolute atomic E-state index is 11.9. The van der Waals surface area contributed by atoms with Crippen molar-refractivity contribution in [2.75, 3.05) is 32.6 Å². The van der Waals surface area contributed by atoms with E-state index in [9.17, 15) is 13.2 Å². The van der Waals surface area contributed by atoms with Gasteiger partial charge in [-0.25, -0.2) is 13.1 Å². The number of hydrogen-bond acceptors (Lipinski definition) is 5. The van der Waals surface area contributed by atoms with Crippen LogP contribution in [0.4, 0.5) is 0 Å². The van der Waals surface area contributed by atoms with Crippen molar-refractivity contribution < 1.29 is 17.9 Å². The van der Waals surface area contributed by atoms with Crippen molar-refractivity contribution in [3.63, 3.8) is 0 Å². The zero-order valence-electron chi connectivity index (χ0n) is 11.5. The van der Waals surface area contributed by atoms with Gasteiger partial charge in [-0.15, -0.1) is 0 Å². The number of carbonyl (C=O) groups is 1. The number of carbonyl (C=O) groups excluding carboxylic acids is 1. The van der Waals surface area contributed by atoms with Crippen LogP contribution in [0, 0.1) is 0 Å². The Labute approximate surface area is 114 Å². The highest BCUT2D eigenvalue weighted by molar-refractivity contribution is 7.89. The van der Waals surface area contributed by atoms with Crippen LogP contribution in [0.1, 0.15) is 19.8 Å². The number of methoxy groups -OCH3 is 1. The lowest BCUT2D eigenvalue weighted by Crippen LogP contribution is -2.52. The number of nitrogens with zero attached hydrogens (tertiary/aromatic N) is 1. The van der Waals surface area contributed by atoms with E-state index in [0.29, 0.717) is 25.9 Å². The van der Waals surface area contributed by atoms with Crippen LogP contribution < -0.4 is 10.5 Å². The van der Waals surface area contributed by atoms with Gasteiger partial charge in [0, 0.05) is 26.2 Å². The summed E-state index contributed by atoms with van der Waals surface area (Å²) in [6.07, 6.45) is 1.23. The van der Waals surface area contributed by atoms with Gasteiger partial charge in [0.05, 0.1) is 12.4 Å². The largest absolute Gasteiger partial charge is 0.383 e. The van der Waals surface area contributed by atoms with Gasteiger partial charge in [0.15, 0.2) is 0 Å². The third kappa shape index (κ3) is 5.06. The average Bonchev–Trinajstić information content (AvgIpc) is 2.38. The summed E-state index contributed by atoms with van der Waals surface area (Å²) in [6.45, 7) is 2.84. The van der Waals surface area contributed by atoms with E-state index in [1.807, 2.05) is 0 Å². The van der Waals surface area contributed by atoms with Gasteiger partial charge >= 0.3 is 0 Å². The number of nitrogens with one attached hydrogen (secondary N) is 1. The Morgan fingerprint density at radius 1 is 1.47 bits per heavy atom. The molecule has 0 saturated carbocycles. The summed E-state index contributed by atoms with van der Waals surface area (Å²) < 4.78 is 30.4. The number of nitrogens with two attached hydrogens (primary N) is 1. The monoisotopic (exact) mass is 293 g/mol. The van der Waals surface area contributed by atoms with Gasteiger partial charge in [0.1, 0.15) is 6.04 Å². The summed E-state index contributed by atoms with van der Waals surface area (Å²) >= 11 is 0. The van der Waals surface area contributed by atoms with Crippen molar-refractivity contribution in [3.05, 3.63) is 0 Å². The van der Waals surface area contributed by atoms with E-state index in [1.54, 1.807) is 11.8 Å². The Balaban J connectivity index is 2.43. The van der Waals surface area contributed by atoms with Gasteiger partial charge in [-0.1, -0.05) is 0 Å². The average molecular weight is 293 g/mol. The van der Waals surface area contributed by atoms with E-state index in [4.69, 9.17) is 10.5 Å². The van der Waals surface area contributed by atoms with Crippen molar-refractivity contribution in [1.29, 1.82) is 0 Å². The fraction of sp³-hybridized carbons (Fsp3) is 0.909. The molecular weight excluding hydrogens is 270 g/mol. The van der Waals surface area contributed by atoms with Crippen molar-refractivity contribution in [2.24, 2.45) is 5.73 Å². The molecule has 1 heterocycles. The first-order valence-corrected chi connectivity index (χ1v) is 8.08. The SMILES string of the molecule is CCS(=O)(=O)NC1CCN(C(=O)C(N)COC)CC1. The van der Waals surface area contributed by atoms with E-state index >= 15 is 0 Å². The fourth-order valence-corrected chi connectivity index (χ4v) is 2.95. The third-order valence-electron chi connectivity index (χ3n) is 3.20. The highest BCUT2D eigenvalue weighted by atomic mass is 32.2. The Morgan fingerprint density at radius 3 is 2.53 bits per heavy atom. The van der Waals surface area contributed by atoms with E-state index in [2.05, 4.69) is 4.72 Å². The molecule has 0 spiro atoms. The lowest BCUT2D eigenvalue weighted by Gasteiger charge is -2.33. The molecule has 1 rings (SSSR count). The summed E-state index contributed by atoms with van der Waals surface area (Å²) in [5, 5.41) is 0. The molecule has 0 radical (unpaired) electrons. The van der Waals surface area contributed by atoms with Crippen LogP contribution in [0.2, 0.25) is 0 Å². The smallest absolute Gasteiger partial charge is 0.241 e. The molecule has 19 heavy (non-hydrogen) atoms. The molecule has 1 atom stereocenters. The standard InChI is InChI=1S/C11H23N3O4S/c1-3-19(16,17)13-9-4-6-14(7-5-9)11(15)10(12)8-18-2/h9-10,13H,3-8,12H2,1-2H3. The molecule has 1 aliphatic rings. The second-order valence-electron chi connectivity index (χ2n) is 4.68. The summed E-state index contributed by atoms with van der Waals surface area (Å²) in [6, 6.07) is -0.735. The van der Waals surface area contributed by atoms with Gasteiger partial charge < -0.3 is 15.4 Å². The molecular formula is C11H23N3O4S. The molecule has 3 N–H and O–H groups in total. The summed E-state index contributed by atoms with van der Waals surface area (Å²) in [7, 11) is -1.68. The predicted octanol–water partition coefficient (Wildman–Crippen LogP) is -1.11. The molecule has 1 amide bonds. The molecule has 112 valence electrons. The van der Waals surface area contributed by atoms with Crippen LogP contribution in [0.3, 0.4) is 0 Å². The molecule has 0 aliphatic carbocycles. The maximum atomic E-state index is 11.9. The number of rotatable bonds is 6. The first-order chi connectivity index (χ1) is 8.89. The molecule has 1 saturated heterocycles. The highest BCUT2D eigenvalue weighted by Crippen LogP contribution is 2.12. The first kappa shape index (κ1) is 16.4. The van der Waals surface area contributed by atoms with Crippen LogP contribution in [0.25, 0.3) is 0 Å². The lowest BCUT2D eigenvalue weighted by molar-refractivity contribution is -0.134. The molecule has 1 aliphatic heterocycles. The zero-order chi connectivity index (χ0) is 14.5. The molecule has 0 aromatic rings. The van der Waals surface area contributed by atoms with E-state index in [1.165, 1.54) is 7.11 Å². The molecule has 0 aromatic heterocycles. The second-order valence-corrected chi connectivity index (χ2v) is 6.73. The van der Waals surface area contributed by atoms with Crippen molar-refractivity contribution in [1.82, 2.24) is 9.62 Å². The molecule has 0 aromatic carbocycles. The minimum Gasteiger partial charge on any atom is -0.383 e. The quantitative estimate of drug-likeness (QED) is 0.646. The molecule has 0 bridgehead atoms.